The van der Waals surface area contributed by atoms with Crippen LogP contribution in [-0.2, 0) is 0 Å². The van der Waals surface area contributed by atoms with E-state index in [0.29, 0.717) is 0 Å². The van der Waals surface area contributed by atoms with Gasteiger partial charge in [0.05, 0.1) is 0 Å². The lowest BCUT2D eigenvalue weighted by Gasteiger charge is -1.79. The first-order chi connectivity index (χ1) is 7.61. The summed E-state index contributed by atoms with van der Waals surface area (Å²) in [6, 6.07) is 0. The van der Waals surface area contributed by atoms with Crippen LogP contribution < -0.4 is 0 Å². The zero-order valence-corrected chi connectivity index (χ0v) is 9.25. The van der Waals surface area contributed by atoms with Crippen LogP contribution in [0, 0.1) is 30.3 Å². The summed E-state index contributed by atoms with van der Waals surface area (Å²) in [5.41, 5.74) is 0. The summed E-state index contributed by atoms with van der Waals surface area (Å²) in [6.45, 7) is 4.42. The summed E-state index contributed by atoms with van der Waals surface area (Å²) in [4.78, 5) is 25.1. The SMILES string of the molecule is CCCCC.O=[N+]([O-])O.O=[N+]([O-])O.O=[N+]([O-])O. The van der Waals surface area contributed by atoms with E-state index in [9.17, 15) is 0 Å². The van der Waals surface area contributed by atoms with Crippen molar-refractivity contribution in [3.63, 3.8) is 0 Å². The van der Waals surface area contributed by atoms with Crippen LogP contribution in [0.1, 0.15) is 33.1 Å². The molecule has 0 amide bonds. The van der Waals surface area contributed by atoms with E-state index in [-0.39, 0.29) is 0 Å². The van der Waals surface area contributed by atoms with Crippen LogP contribution in [0.15, 0.2) is 0 Å². The van der Waals surface area contributed by atoms with Gasteiger partial charge in [-0.2, -0.15) is 0 Å². The van der Waals surface area contributed by atoms with E-state index in [1.165, 1.54) is 19.3 Å². The smallest absolute Gasteiger partial charge is 0.291 e. The zero-order valence-electron chi connectivity index (χ0n) is 9.25. The van der Waals surface area contributed by atoms with E-state index in [1.54, 1.807) is 0 Å². The molecule has 0 aliphatic rings. The number of unbranched alkanes of at least 4 members (excludes halogenated alkanes) is 2. The van der Waals surface area contributed by atoms with Gasteiger partial charge in [0.2, 0.25) is 0 Å². The van der Waals surface area contributed by atoms with E-state index in [0.717, 1.165) is 0 Å². The molecule has 0 heterocycles. The Hall–Kier alpha value is -2.40. The van der Waals surface area contributed by atoms with Crippen LogP contribution in [0.3, 0.4) is 0 Å². The molecular formula is C5H15N3O9. The molecule has 12 heteroatoms. The van der Waals surface area contributed by atoms with Crippen molar-refractivity contribution in [1.29, 1.82) is 0 Å². The Morgan fingerprint density at radius 3 is 0.882 bits per heavy atom. The molecule has 0 saturated carbocycles. The summed E-state index contributed by atoms with van der Waals surface area (Å²) < 4.78 is 0. The molecular weight excluding hydrogens is 246 g/mol. The molecule has 0 spiro atoms. The fourth-order valence-electron chi connectivity index (χ4n) is 0.354. The zero-order chi connectivity index (χ0) is 14.9. The van der Waals surface area contributed by atoms with Crippen molar-refractivity contribution in [3.05, 3.63) is 30.3 Å². The van der Waals surface area contributed by atoms with Crippen molar-refractivity contribution in [1.82, 2.24) is 0 Å². The van der Waals surface area contributed by atoms with Crippen LogP contribution in [0.5, 0.6) is 0 Å². The third-order valence-electron chi connectivity index (χ3n) is 0.707. The summed E-state index contributed by atoms with van der Waals surface area (Å²) in [5.74, 6) is 0. The molecule has 0 fully saturated rings. The first-order valence-corrected chi connectivity index (χ1v) is 4.11. The lowest BCUT2D eigenvalue weighted by atomic mass is 10.3. The van der Waals surface area contributed by atoms with E-state index in [1.807, 2.05) is 0 Å². The molecule has 0 aliphatic heterocycles. The maximum Gasteiger partial charge on any atom is 0.291 e. The highest BCUT2D eigenvalue weighted by Crippen LogP contribution is 1.88. The second kappa shape index (κ2) is 23.4. The van der Waals surface area contributed by atoms with Gasteiger partial charge in [-0.25, -0.2) is 0 Å². The number of hydrogen-bond donors (Lipinski definition) is 3. The van der Waals surface area contributed by atoms with Crippen molar-refractivity contribution in [3.8, 4) is 0 Å². The van der Waals surface area contributed by atoms with Gasteiger partial charge in [-0.15, -0.1) is 30.3 Å². The van der Waals surface area contributed by atoms with Gasteiger partial charge >= 0.3 is 0 Å². The largest absolute Gasteiger partial charge is 0.328 e. The van der Waals surface area contributed by atoms with Crippen LogP contribution in [0.2, 0.25) is 0 Å². The Morgan fingerprint density at radius 1 is 0.765 bits per heavy atom. The maximum absolute atomic E-state index is 8.36. The average molecular weight is 261 g/mol. The van der Waals surface area contributed by atoms with Gasteiger partial charge in [0.1, 0.15) is 0 Å². The first kappa shape index (κ1) is 24.0. The molecule has 0 bridgehead atoms. The molecule has 0 saturated heterocycles. The Bertz CT molecular complexity index is 155. The van der Waals surface area contributed by atoms with Crippen molar-refractivity contribution in [2.24, 2.45) is 0 Å². The third-order valence-corrected chi connectivity index (χ3v) is 0.707. The second-order valence-electron chi connectivity index (χ2n) is 2.07. The lowest BCUT2D eigenvalue weighted by Crippen LogP contribution is -1.81. The summed E-state index contributed by atoms with van der Waals surface area (Å²) in [5, 5.41) is 40.9. The van der Waals surface area contributed by atoms with Crippen LogP contribution in [-0.4, -0.2) is 30.9 Å². The molecule has 0 atom stereocenters. The number of rotatable bonds is 2. The normalized spacial score (nSPS) is 6.71. The van der Waals surface area contributed by atoms with Crippen molar-refractivity contribution in [2.45, 2.75) is 33.1 Å². The number of nitrogens with zero attached hydrogens (tertiary/aromatic N) is 3. The second-order valence-corrected chi connectivity index (χ2v) is 2.07. The Morgan fingerprint density at radius 2 is 0.882 bits per heavy atom. The van der Waals surface area contributed by atoms with Crippen molar-refractivity contribution in [2.75, 3.05) is 0 Å². The molecule has 12 nitrogen and oxygen atoms in total. The minimum Gasteiger partial charge on any atom is -0.328 e. The summed E-state index contributed by atoms with van der Waals surface area (Å²) in [7, 11) is 0. The Kier molecular flexibility index (Phi) is 33.1. The lowest BCUT2D eigenvalue weighted by molar-refractivity contribution is -0.742. The molecule has 0 aromatic rings. The first-order valence-electron chi connectivity index (χ1n) is 4.11. The van der Waals surface area contributed by atoms with Gasteiger partial charge in [0.25, 0.3) is 15.3 Å². The van der Waals surface area contributed by atoms with E-state index >= 15 is 0 Å². The highest BCUT2D eigenvalue weighted by molar-refractivity contribution is 4.24. The van der Waals surface area contributed by atoms with Gasteiger partial charge in [-0.1, -0.05) is 33.1 Å². The molecule has 3 N–H and O–H groups in total. The van der Waals surface area contributed by atoms with Crippen LogP contribution in [0.4, 0.5) is 0 Å². The topological polar surface area (TPSA) is 190 Å². The van der Waals surface area contributed by atoms with E-state index in [4.69, 9.17) is 46.0 Å². The van der Waals surface area contributed by atoms with Gasteiger partial charge in [0.15, 0.2) is 0 Å². The fourth-order valence-corrected chi connectivity index (χ4v) is 0.354. The van der Waals surface area contributed by atoms with Crippen molar-refractivity contribution < 1.29 is 30.9 Å². The van der Waals surface area contributed by atoms with Gasteiger partial charge in [-0.3, -0.25) is 0 Å². The monoisotopic (exact) mass is 261 g/mol. The fraction of sp³-hybridized carbons (Fsp3) is 1.00. The summed E-state index contributed by atoms with van der Waals surface area (Å²) >= 11 is 0. The third kappa shape index (κ3) is 11400. The standard InChI is InChI=1S/C5H12.3HNO3/c1-3-5-4-2;3*2-1(3)4/h3-5H2,1-2H3;3*(H,2,3,4). The minimum absolute atomic E-state index is 1.34. The highest BCUT2D eigenvalue weighted by atomic mass is 16.9. The molecule has 0 rings (SSSR count). The van der Waals surface area contributed by atoms with Gasteiger partial charge in [-0.05, 0) is 0 Å². The summed E-state index contributed by atoms with van der Waals surface area (Å²) in [6.07, 6.45) is 4.08. The molecule has 0 aliphatic carbocycles. The van der Waals surface area contributed by atoms with Crippen LogP contribution in [0.25, 0.3) is 0 Å². The highest BCUT2D eigenvalue weighted by Gasteiger charge is 1.68. The predicted octanol–water partition coefficient (Wildman–Crippen LogP) is 1.15. The van der Waals surface area contributed by atoms with Crippen LogP contribution >= 0.6 is 0 Å². The van der Waals surface area contributed by atoms with Gasteiger partial charge < -0.3 is 15.6 Å². The number of hydrogen-bond acceptors (Lipinski definition) is 6. The quantitative estimate of drug-likeness (QED) is 0.483. The van der Waals surface area contributed by atoms with E-state index in [2.05, 4.69) is 13.8 Å². The molecule has 17 heavy (non-hydrogen) atoms. The van der Waals surface area contributed by atoms with Crippen molar-refractivity contribution >= 4 is 0 Å². The molecule has 0 unspecified atom stereocenters. The van der Waals surface area contributed by atoms with Gasteiger partial charge in [0, 0.05) is 0 Å². The maximum atomic E-state index is 8.36. The van der Waals surface area contributed by atoms with E-state index < -0.39 is 15.3 Å². The molecule has 0 aromatic heterocycles. The predicted molar refractivity (Wildman–Crippen MR) is 51.5 cm³/mol. The molecule has 104 valence electrons. The Labute approximate surface area is 95.4 Å². The average Bonchev–Trinajstić information content (AvgIpc) is 2.01. The minimum atomic E-state index is -1.50. The Balaban J connectivity index is -0.0000000667. The molecule has 0 radical (unpaired) electrons. The molecule has 0 aromatic carbocycles.